The van der Waals surface area contributed by atoms with Crippen LogP contribution in [0.5, 0.6) is 0 Å². The molecule has 0 amide bonds. The van der Waals surface area contributed by atoms with E-state index in [1.165, 1.54) is 24.0 Å². The van der Waals surface area contributed by atoms with Crippen LogP contribution in [0.1, 0.15) is 24.0 Å². The predicted octanol–water partition coefficient (Wildman–Crippen LogP) is 3.01. The lowest BCUT2D eigenvalue weighted by atomic mass is 10.00. The van der Waals surface area contributed by atoms with E-state index in [4.69, 9.17) is 4.74 Å². The molecule has 5 heteroatoms. The van der Waals surface area contributed by atoms with Crippen LogP contribution in [0.3, 0.4) is 0 Å². The molecule has 3 atom stereocenters. The lowest BCUT2D eigenvalue weighted by Crippen LogP contribution is -2.46. The fraction of sp³-hybridized carbons (Fsp3) is 0.526. The third-order valence-electron chi connectivity index (χ3n) is 5.29. The van der Waals surface area contributed by atoms with E-state index < -0.39 is 0 Å². The van der Waals surface area contributed by atoms with Crippen molar-refractivity contribution in [3.8, 4) is 0 Å². The Morgan fingerprint density at radius 1 is 1.38 bits per heavy atom. The largest absolute Gasteiger partial charge is 0.375 e. The van der Waals surface area contributed by atoms with Crippen molar-refractivity contribution in [1.29, 1.82) is 0 Å². The van der Waals surface area contributed by atoms with Crippen molar-refractivity contribution in [1.82, 2.24) is 14.8 Å². The van der Waals surface area contributed by atoms with Crippen molar-refractivity contribution in [3.63, 3.8) is 0 Å². The third kappa shape index (κ3) is 3.40. The molecule has 4 rings (SSSR count). The van der Waals surface area contributed by atoms with Gasteiger partial charge >= 0.3 is 0 Å². The van der Waals surface area contributed by atoms with E-state index in [-0.39, 0.29) is 0 Å². The van der Waals surface area contributed by atoms with Crippen LogP contribution in [0.25, 0.3) is 0 Å². The molecule has 0 unspecified atom stereocenters. The average Bonchev–Trinajstić information content (AvgIpc) is 3.25. The first kappa shape index (κ1) is 16.2. The Hall–Kier alpha value is -1.27. The van der Waals surface area contributed by atoms with Gasteiger partial charge in [-0.1, -0.05) is 6.07 Å². The van der Waals surface area contributed by atoms with Crippen LogP contribution in [-0.4, -0.2) is 53.2 Å². The summed E-state index contributed by atoms with van der Waals surface area (Å²) in [6, 6.07) is 7.42. The van der Waals surface area contributed by atoms with Crippen LogP contribution in [0.2, 0.25) is 0 Å². The SMILES string of the molecule is CN(Cc1cccnc1)[C@@H]1CN(Cc2ccsc2)[C@@H]2CCCO[C@H]12. The monoisotopic (exact) mass is 343 g/mol. The number of nitrogens with zero attached hydrogens (tertiary/aromatic N) is 3. The van der Waals surface area contributed by atoms with Crippen molar-refractivity contribution in [2.45, 2.75) is 44.1 Å². The first-order chi connectivity index (χ1) is 11.8. The topological polar surface area (TPSA) is 28.6 Å². The van der Waals surface area contributed by atoms with Gasteiger partial charge in [0.1, 0.15) is 0 Å². The summed E-state index contributed by atoms with van der Waals surface area (Å²) in [6.07, 6.45) is 6.57. The van der Waals surface area contributed by atoms with Gasteiger partial charge in [0.2, 0.25) is 0 Å². The number of fused-ring (bicyclic) bond motifs is 1. The van der Waals surface area contributed by atoms with Gasteiger partial charge in [-0.05, 0) is 53.9 Å². The minimum absolute atomic E-state index is 0.332. The van der Waals surface area contributed by atoms with E-state index in [1.807, 2.05) is 18.5 Å². The van der Waals surface area contributed by atoms with Crippen molar-refractivity contribution in [2.24, 2.45) is 0 Å². The van der Waals surface area contributed by atoms with E-state index in [0.717, 1.165) is 26.2 Å². The van der Waals surface area contributed by atoms with Crippen LogP contribution < -0.4 is 0 Å². The number of likely N-dealkylation sites (tertiary alicyclic amines) is 1. The quantitative estimate of drug-likeness (QED) is 0.834. The number of rotatable bonds is 5. The highest BCUT2D eigenvalue weighted by molar-refractivity contribution is 7.07. The van der Waals surface area contributed by atoms with Gasteiger partial charge in [0, 0.05) is 44.7 Å². The van der Waals surface area contributed by atoms with Crippen molar-refractivity contribution in [3.05, 3.63) is 52.5 Å². The fourth-order valence-corrected chi connectivity index (χ4v) is 4.77. The van der Waals surface area contributed by atoms with E-state index in [2.05, 4.69) is 44.7 Å². The van der Waals surface area contributed by atoms with Gasteiger partial charge in [0.15, 0.2) is 0 Å². The highest BCUT2D eigenvalue weighted by atomic mass is 32.1. The van der Waals surface area contributed by atoms with Crippen LogP contribution in [0.4, 0.5) is 0 Å². The number of ether oxygens (including phenoxy) is 1. The Morgan fingerprint density at radius 3 is 3.12 bits per heavy atom. The Balaban J connectivity index is 1.48. The zero-order valence-electron chi connectivity index (χ0n) is 14.2. The molecule has 0 saturated carbocycles. The standard InChI is InChI=1S/C19H25N3OS/c1-21(11-15-4-2-7-20-10-15)18-13-22(12-16-6-9-24-14-16)17-5-3-8-23-19(17)18/h2,4,6-7,9-10,14,17-19H,3,5,8,11-13H2,1H3/t17-,18-,19+/m1/s1. The van der Waals surface area contributed by atoms with Gasteiger partial charge < -0.3 is 4.74 Å². The molecule has 2 aliphatic rings. The Morgan fingerprint density at radius 2 is 2.33 bits per heavy atom. The third-order valence-corrected chi connectivity index (χ3v) is 6.02. The molecule has 2 aliphatic heterocycles. The Kier molecular flexibility index (Phi) is 4.94. The summed E-state index contributed by atoms with van der Waals surface area (Å²) in [5.41, 5.74) is 2.70. The maximum Gasteiger partial charge on any atom is 0.0897 e. The Labute approximate surface area is 148 Å². The first-order valence-corrected chi connectivity index (χ1v) is 9.71. The van der Waals surface area contributed by atoms with Crippen LogP contribution in [-0.2, 0) is 17.8 Å². The molecule has 4 heterocycles. The molecule has 0 aliphatic carbocycles. The van der Waals surface area contributed by atoms with Gasteiger partial charge in [-0.25, -0.2) is 0 Å². The summed E-state index contributed by atoms with van der Waals surface area (Å²) < 4.78 is 6.23. The number of thiophene rings is 1. The molecule has 2 aromatic heterocycles. The van der Waals surface area contributed by atoms with Gasteiger partial charge in [0.05, 0.1) is 12.1 Å². The fourth-order valence-electron chi connectivity index (χ4n) is 4.11. The Bertz CT molecular complexity index is 633. The van der Waals surface area contributed by atoms with Gasteiger partial charge in [0.25, 0.3) is 0 Å². The number of hydrogen-bond acceptors (Lipinski definition) is 5. The van der Waals surface area contributed by atoms with E-state index >= 15 is 0 Å². The number of pyridine rings is 1. The smallest absolute Gasteiger partial charge is 0.0897 e. The van der Waals surface area contributed by atoms with E-state index in [1.54, 1.807) is 11.3 Å². The van der Waals surface area contributed by atoms with Gasteiger partial charge in [-0.2, -0.15) is 11.3 Å². The zero-order chi connectivity index (χ0) is 16.4. The minimum Gasteiger partial charge on any atom is -0.375 e. The summed E-state index contributed by atoms with van der Waals surface area (Å²) in [5, 5.41) is 4.44. The number of hydrogen-bond donors (Lipinski definition) is 0. The second-order valence-electron chi connectivity index (χ2n) is 6.95. The van der Waals surface area contributed by atoms with Gasteiger partial charge in [-0.15, -0.1) is 0 Å². The highest BCUT2D eigenvalue weighted by Crippen LogP contribution is 2.33. The molecule has 2 saturated heterocycles. The maximum absolute atomic E-state index is 6.23. The molecule has 0 N–H and O–H groups in total. The van der Waals surface area contributed by atoms with Crippen LogP contribution >= 0.6 is 11.3 Å². The summed E-state index contributed by atoms with van der Waals surface area (Å²) in [4.78, 5) is 9.33. The summed E-state index contributed by atoms with van der Waals surface area (Å²) >= 11 is 1.79. The lowest BCUT2D eigenvalue weighted by molar-refractivity contribution is -0.0385. The van der Waals surface area contributed by atoms with Gasteiger partial charge in [-0.3, -0.25) is 14.8 Å². The summed E-state index contributed by atoms with van der Waals surface area (Å²) in [7, 11) is 2.22. The molecule has 0 bridgehead atoms. The number of aromatic nitrogens is 1. The molecule has 0 aromatic carbocycles. The minimum atomic E-state index is 0.332. The molecule has 2 aromatic rings. The lowest BCUT2D eigenvalue weighted by Gasteiger charge is -2.34. The summed E-state index contributed by atoms with van der Waals surface area (Å²) in [5.74, 6) is 0. The molecular weight excluding hydrogens is 318 g/mol. The summed E-state index contributed by atoms with van der Waals surface area (Å²) in [6.45, 7) is 3.97. The van der Waals surface area contributed by atoms with Crippen molar-refractivity contribution < 1.29 is 4.74 Å². The molecule has 2 fully saturated rings. The second-order valence-corrected chi connectivity index (χ2v) is 7.73. The zero-order valence-corrected chi connectivity index (χ0v) is 15.0. The predicted molar refractivity (Wildman–Crippen MR) is 97.0 cm³/mol. The molecular formula is C19H25N3OS. The van der Waals surface area contributed by atoms with Crippen LogP contribution in [0.15, 0.2) is 41.4 Å². The molecule has 4 nitrogen and oxygen atoms in total. The second kappa shape index (κ2) is 7.31. The normalized spacial score (nSPS) is 27.5. The van der Waals surface area contributed by atoms with Crippen molar-refractivity contribution >= 4 is 11.3 Å². The molecule has 0 radical (unpaired) electrons. The molecule has 24 heavy (non-hydrogen) atoms. The average molecular weight is 343 g/mol. The van der Waals surface area contributed by atoms with E-state index in [0.29, 0.717) is 18.2 Å². The number of likely N-dealkylation sites (N-methyl/N-ethyl adjacent to an activating group) is 1. The van der Waals surface area contributed by atoms with E-state index in [9.17, 15) is 0 Å². The highest BCUT2D eigenvalue weighted by Gasteiger charge is 2.45. The molecule has 0 spiro atoms. The van der Waals surface area contributed by atoms with Crippen molar-refractivity contribution in [2.75, 3.05) is 20.2 Å². The first-order valence-electron chi connectivity index (χ1n) is 8.77. The maximum atomic E-state index is 6.23. The molecule has 128 valence electrons. The van der Waals surface area contributed by atoms with Crippen LogP contribution in [0, 0.1) is 0 Å².